The first kappa shape index (κ1) is 13.8. The van der Waals surface area contributed by atoms with Gasteiger partial charge in [-0.3, -0.25) is 0 Å². The summed E-state index contributed by atoms with van der Waals surface area (Å²) in [6.45, 7) is 2.04. The first-order chi connectivity index (χ1) is 9.15. The second-order valence-corrected chi connectivity index (χ2v) is 4.86. The maximum absolute atomic E-state index is 5.38. The number of hydrogen-bond acceptors (Lipinski definition) is 4. The second-order valence-electron chi connectivity index (χ2n) is 4.05. The molecule has 0 unspecified atom stereocenters. The fraction of sp³-hybridized carbons (Fsp3) is 0.286. The van der Waals surface area contributed by atoms with Crippen LogP contribution in [0.2, 0.25) is 0 Å². The lowest BCUT2D eigenvalue weighted by atomic mass is 10.2. The highest BCUT2D eigenvalue weighted by atomic mass is 79.9. The molecule has 1 aromatic carbocycles. The van der Waals surface area contributed by atoms with E-state index in [-0.39, 0.29) is 0 Å². The van der Waals surface area contributed by atoms with Gasteiger partial charge in [-0.1, -0.05) is 19.1 Å². The van der Waals surface area contributed by atoms with E-state index in [0.717, 1.165) is 34.1 Å². The van der Waals surface area contributed by atoms with Gasteiger partial charge in [-0.15, -0.1) is 0 Å². The van der Waals surface area contributed by atoms with E-state index in [1.54, 1.807) is 7.11 Å². The molecule has 0 N–H and O–H groups in total. The first-order valence-electron chi connectivity index (χ1n) is 6.06. The molecule has 0 amide bonds. The van der Waals surface area contributed by atoms with Crippen molar-refractivity contribution in [1.29, 1.82) is 0 Å². The summed E-state index contributed by atoms with van der Waals surface area (Å²) in [5, 5.41) is 0. The molecule has 0 bridgehead atoms. The lowest BCUT2D eigenvalue weighted by Gasteiger charge is -2.21. The first-order valence-corrected chi connectivity index (χ1v) is 6.85. The third-order valence-electron chi connectivity index (χ3n) is 2.83. The Kier molecular flexibility index (Phi) is 4.37. The molecule has 0 atom stereocenters. The number of anilines is 2. The van der Waals surface area contributed by atoms with E-state index >= 15 is 0 Å². The molecular formula is C14H16BrN3O. The predicted octanol–water partition coefficient (Wildman–Crippen LogP) is 3.58. The van der Waals surface area contributed by atoms with Gasteiger partial charge in [-0.05, 0) is 28.1 Å². The summed E-state index contributed by atoms with van der Waals surface area (Å²) in [7, 11) is 3.63. The second kappa shape index (κ2) is 6.02. The fourth-order valence-electron chi connectivity index (χ4n) is 1.81. The molecule has 0 saturated heterocycles. The summed E-state index contributed by atoms with van der Waals surface area (Å²) >= 11 is 3.42. The van der Waals surface area contributed by atoms with Crippen molar-refractivity contribution in [1.82, 2.24) is 9.97 Å². The van der Waals surface area contributed by atoms with E-state index in [1.165, 1.54) is 0 Å². The van der Waals surface area contributed by atoms with Crippen molar-refractivity contribution in [2.75, 3.05) is 19.1 Å². The minimum atomic E-state index is 0.788. The summed E-state index contributed by atoms with van der Waals surface area (Å²) in [5.74, 6) is 2.46. The van der Waals surface area contributed by atoms with Crippen molar-refractivity contribution in [2.45, 2.75) is 13.3 Å². The molecule has 19 heavy (non-hydrogen) atoms. The Morgan fingerprint density at radius 2 is 2.00 bits per heavy atom. The van der Waals surface area contributed by atoms with Gasteiger partial charge >= 0.3 is 0 Å². The Bertz CT molecular complexity index is 574. The Balaban J connectivity index is 2.43. The highest BCUT2D eigenvalue weighted by Gasteiger charge is 2.12. The highest BCUT2D eigenvalue weighted by Crippen LogP contribution is 2.31. The van der Waals surface area contributed by atoms with Crippen molar-refractivity contribution >= 4 is 27.4 Å². The van der Waals surface area contributed by atoms with Crippen LogP contribution in [-0.2, 0) is 6.42 Å². The molecule has 4 nitrogen and oxygen atoms in total. The van der Waals surface area contributed by atoms with Crippen molar-refractivity contribution in [3.63, 3.8) is 0 Å². The van der Waals surface area contributed by atoms with Crippen LogP contribution in [-0.4, -0.2) is 24.1 Å². The number of halogens is 1. The SMILES string of the molecule is CCc1nc(Br)cc(N(C)c2ccccc2OC)n1. The molecule has 2 aromatic rings. The smallest absolute Gasteiger partial charge is 0.142 e. The molecule has 100 valence electrons. The highest BCUT2D eigenvalue weighted by molar-refractivity contribution is 9.10. The third kappa shape index (κ3) is 3.04. The van der Waals surface area contributed by atoms with Crippen LogP contribution in [0.25, 0.3) is 0 Å². The van der Waals surface area contributed by atoms with E-state index in [1.807, 2.05) is 49.2 Å². The van der Waals surface area contributed by atoms with Gasteiger partial charge in [0.2, 0.25) is 0 Å². The summed E-state index contributed by atoms with van der Waals surface area (Å²) in [6, 6.07) is 9.75. The standard InChI is InChI=1S/C14H16BrN3O/c1-4-13-16-12(15)9-14(17-13)18(2)10-7-5-6-8-11(10)19-3/h5-9H,4H2,1-3H3. The van der Waals surface area contributed by atoms with Gasteiger partial charge in [0.25, 0.3) is 0 Å². The Labute approximate surface area is 121 Å². The zero-order valence-corrected chi connectivity index (χ0v) is 12.8. The van der Waals surface area contributed by atoms with Crippen LogP contribution in [0, 0.1) is 0 Å². The topological polar surface area (TPSA) is 38.2 Å². The molecule has 0 aliphatic rings. The zero-order valence-electron chi connectivity index (χ0n) is 11.2. The van der Waals surface area contributed by atoms with E-state index in [2.05, 4.69) is 25.9 Å². The van der Waals surface area contributed by atoms with Crippen LogP contribution in [0.5, 0.6) is 5.75 Å². The lowest BCUT2D eigenvalue weighted by molar-refractivity contribution is 0.415. The van der Waals surface area contributed by atoms with Crippen molar-refractivity contribution in [3.05, 3.63) is 40.8 Å². The van der Waals surface area contributed by atoms with Gasteiger partial charge < -0.3 is 9.64 Å². The maximum Gasteiger partial charge on any atom is 0.142 e. The normalized spacial score (nSPS) is 10.3. The minimum Gasteiger partial charge on any atom is -0.495 e. The van der Waals surface area contributed by atoms with Gasteiger partial charge in [0, 0.05) is 19.5 Å². The molecule has 2 rings (SSSR count). The quantitative estimate of drug-likeness (QED) is 0.807. The molecule has 0 spiro atoms. The number of para-hydroxylation sites is 2. The monoisotopic (exact) mass is 321 g/mol. The lowest BCUT2D eigenvalue weighted by Crippen LogP contribution is -2.13. The molecule has 0 fully saturated rings. The number of hydrogen-bond donors (Lipinski definition) is 0. The maximum atomic E-state index is 5.38. The van der Waals surface area contributed by atoms with E-state index < -0.39 is 0 Å². The number of benzene rings is 1. The summed E-state index contributed by atoms with van der Waals surface area (Å²) in [6.07, 6.45) is 0.798. The van der Waals surface area contributed by atoms with Crippen LogP contribution >= 0.6 is 15.9 Å². The summed E-state index contributed by atoms with van der Waals surface area (Å²) < 4.78 is 6.17. The molecule has 0 saturated carbocycles. The van der Waals surface area contributed by atoms with E-state index in [0.29, 0.717) is 0 Å². The number of methoxy groups -OCH3 is 1. The number of aromatic nitrogens is 2. The van der Waals surface area contributed by atoms with Crippen molar-refractivity contribution in [2.24, 2.45) is 0 Å². The number of rotatable bonds is 4. The average molecular weight is 322 g/mol. The summed E-state index contributed by atoms with van der Waals surface area (Å²) in [4.78, 5) is 10.8. The molecule has 1 aromatic heterocycles. The number of aryl methyl sites for hydroxylation is 1. The third-order valence-corrected chi connectivity index (χ3v) is 3.24. The van der Waals surface area contributed by atoms with Gasteiger partial charge in [0.1, 0.15) is 22.0 Å². The molecular weight excluding hydrogens is 306 g/mol. The molecule has 5 heteroatoms. The van der Waals surface area contributed by atoms with E-state index in [4.69, 9.17) is 4.74 Å². The Morgan fingerprint density at radius 3 is 2.68 bits per heavy atom. The number of ether oxygens (including phenoxy) is 1. The molecule has 1 heterocycles. The average Bonchev–Trinajstić information content (AvgIpc) is 2.45. The Morgan fingerprint density at radius 1 is 1.26 bits per heavy atom. The zero-order chi connectivity index (χ0) is 13.8. The van der Waals surface area contributed by atoms with Gasteiger partial charge in [0.05, 0.1) is 12.8 Å². The predicted molar refractivity (Wildman–Crippen MR) is 80.2 cm³/mol. The van der Waals surface area contributed by atoms with Gasteiger partial charge in [-0.25, -0.2) is 9.97 Å². The largest absolute Gasteiger partial charge is 0.495 e. The van der Waals surface area contributed by atoms with Crippen LogP contribution < -0.4 is 9.64 Å². The minimum absolute atomic E-state index is 0.788. The van der Waals surface area contributed by atoms with Crippen LogP contribution in [0.4, 0.5) is 11.5 Å². The molecule has 0 aliphatic carbocycles. The van der Waals surface area contributed by atoms with Gasteiger partial charge in [-0.2, -0.15) is 0 Å². The molecule has 0 radical (unpaired) electrons. The molecule has 0 aliphatic heterocycles. The van der Waals surface area contributed by atoms with Crippen LogP contribution in [0.3, 0.4) is 0 Å². The van der Waals surface area contributed by atoms with Crippen molar-refractivity contribution < 1.29 is 4.74 Å². The fourth-order valence-corrected chi connectivity index (χ4v) is 2.22. The van der Waals surface area contributed by atoms with Crippen molar-refractivity contribution in [3.8, 4) is 5.75 Å². The Hall–Kier alpha value is -1.62. The number of nitrogens with zero attached hydrogens (tertiary/aromatic N) is 3. The summed E-state index contributed by atoms with van der Waals surface area (Å²) in [5.41, 5.74) is 0.970. The van der Waals surface area contributed by atoms with Gasteiger partial charge in [0.15, 0.2) is 0 Å². The van der Waals surface area contributed by atoms with Crippen LogP contribution in [0.15, 0.2) is 34.9 Å². The van der Waals surface area contributed by atoms with Crippen LogP contribution in [0.1, 0.15) is 12.7 Å². The van der Waals surface area contributed by atoms with E-state index in [9.17, 15) is 0 Å².